The summed E-state index contributed by atoms with van der Waals surface area (Å²) in [5, 5.41) is 0. The number of rotatable bonds is 4. The molecule has 1 aromatic rings. The van der Waals surface area contributed by atoms with E-state index in [4.69, 9.17) is 4.74 Å². The molecule has 1 saturated heterocycles. The number of hydrogen-bond acceptors (Lipinski definition) is 4. The number of benzene rings is 1. The molecule has 3 atom stereocenters. The Morgan fingerprint density at radius 2 is 1.91 bits per heavy atom. The minimum atomic E-state index is -4.80. The molecule has 0 radical (unpaired) electrons. The number of ether oxygens (including phenoxy) is 2. The first-order valence-electron chi connectivity index (χ1n) is 6.74. The molecule has 2 aliphatic rings. The molecule has 3 rings (SSSR count). The molecular weight excluding hydrogens is 323 g/mol. The summed E-state index contributed by atoms with van der Waals surface area (Å²) < 4.78 is 72.3. The van der Waals surface area contributed by atoms with E-state index in [1.54, 1.807) is 0 Å². The first kappa shape index (κ1) is 15.6. The quantitative estimate of drug-likeness (QED) is 0.913. The van der Waals surface area contributed by atoms with Crippen molar-refractivity contribution in [2.75, 3.05) is 6.61 Å². The molecule has 1 N–H and O–H groups in total. The van der Waals surface area contributed by atoms with Crippen LogP contribution in [0.3, 0.4) is 0 Å². The third-order valence-corrected chi connectivity index (χ3v) is 5.44. The van der Waals surface area contributed by atoms with Gasteiger partial charge in [-0.3, -0.25) is 0 Å². The number of hydrogen-bond donors (Lipinski definition) is 1. The fourth-order valence-corrected chi connectivity index (χ4v) is 4.12. The predicted molar refractivity (Wildman–Crippen MR) is 69.7 cm³/mol. The number of alkyl halides is 3. The van der Waals surface area contributed by atoms with Gasteiger partial charge in [0.25, 0.3) is 0 Å². The van der Waals surface area contributed by atoms with Crippen LogP contribution >= 0.6 is 0 Å². The molecule has 0 aromatic heterocycles. The van der Waals surface area contributed by atoms with Crippen LogP contribution in [-0.2, 0) is 14.8 Å². The van der Waals surface area contributed by atoms with E-state index in [0.29, 0.717) is 13.0 Å². The van der Waals surface area contributed by atoms with E-state index in [1.165, 1.54) is 0 Å². The molecule has 5 nitrogen and oxygen atoms in total. The Kier molecular flexibility index (Phi) is 3.82. The van der Waals surface area contributed by atoms with E-state index in [1.807, 2.05) is 0 Å². The van der Waals surface area contributed by atoms with E-state index in [9.17, 15) is 21.6 Å². The topological polar surface area (TPSA) is 64.6 Å². The lowest BCUT2D eigenvalue weighted by atomic mass is 9.77. The molecule has 0 amide bonds. The van der Waals surface area contributed by atoms with Gasteiger partial charge in [-0.25, -0.2) is 13.1 Å². The smallest absolute Gasteiger partial charge is 0.406 e. The summed E-state index contributed by atoms with van der Waals surface area (Å²) in [4.78, 5) is -0.0932. The fourth-order valence-electron chi connectivity index (χ4n) is 2.82. The second kappa shape index (κ2) is 5.39. The van der Waals surface area contributed by atoms with Gasteiger partial charge in [-0.1, -0.05) is 0 Å². The number of sulfonamides is 1. The highest BCUT2D eigenvalue weighted by atomic mass is 32.2. The molecule has 2 fully saturated rings. The van der Waals surface area contributed by atoms with Crippen molar-refractivity contribution in [2.45, 2.75) is 36.2 Å². The van der Waals surface area contributed by atoms with Gasteiger partial charge in [0.05, 0.1) is 11.0 Å². The van der Waals surface area contributed by atoms with Crippen molar-refractivity contribution in [3.63, 3.8) is 0 Å². The van der Waals surface area contributed by atoms with Gasteiger partial charge in [0.2, 0.25) is 10.0 Å². The summed E-state index contributed by atoms with van der Waals surface area (Å²) >= 11 is 0. The summed E-state index contributed by atoms with van der Waals surface area (Å²) in [6, 6.07) is 3.95. The average molecular weight is 337 g/mol. The summed E-state index contributed by atoms with van der Waals surface area (Å²) in [6.07, 6.45) is -3.24. The molecule has 0 unspecified atom stereocenters. The molecule has 1 saturated carbocycles. The molecule has 0 spiro atoms. The Hall–Kier alpha value is -1.32. The van der Waals surface area contributed by atoms with E-state index >= 15 is 0 Å². The predicted octanol–water partition coefficient (Wildman–Crippen LogP) is 2.04. The van der Waals surface area contributed by atoms with Crippen molar-refractivity contribution in [3.05, 3.63) is 24.3 Å². The molecule has 22 heavy (non-hydrogen) atoms. The fraction of sp³-hybridized carbons (Fsp3) is 0.538. The van der Waals surface area contributed by atoms with E-state index in [2.05, 4.69) is 9.46 Å². The molecular formula is C13H14F3NO4S. The van der Waals surface area contributed by atoms with Crippen LogP contribution < -0.4 is 9.46 Å². The van der Waals surface area contributed by atoms with Gasteiger partial charge in [0.15, 0.2) is 0 Å². The molecule has 122 valence electrons. The van der Waals surface area contributed by atoms with Crippen LogP contribution in [0, 0.1) is 5.92 Å². The zero-order valence-electron chi connectivity index (χ0n) is 11.3. The van der Waals surface area contributed by atoms with Gasteiger partial charge in [-0.15, -0.1) is 13.2 Å². The Bertz CT molecular complexity index is 644. The zero-order valence-corrected chi connectivity index (χ0v) is 12.2. The van der Waals surface area contributed by atoms with Gasteiger partial charge in [-0.2, -0.15) is 0 Å². The van der Waals surface area contributed by atoms with Gasteiger partial charge in [0, 0.05) is 18.6 Å². The van der Waals surface area contributed by atoms with Gasteiger partial charge >= 0.3 is 6.36 Å². The second-order valence-corrected chi connectivity index (χ2v) is 7.06. The maximum Gasteiger partial charge on any atom is 0.573 e. The van der Waals surface area contributed by atoms with E-state index < -0.39 is 22.1 Å². The molecule has 1 aliphatic heterocycles. The maximum absolute atomic E-state index is 12.2. The highest BCUT2D eigenvalue weighted by Crippen LogP contribution is 2.39. The number of nitrogens with one attached hydrogen (secondary N) is 1. The molecule has 1 aromatic carbocycles. The van der Waals surface area contributed by atoms with Gasteiger partial charge in [0.1, 0.15) is 5.75 Å². The van der Waals surface area contributed by atoms with Crippen LogP contribution in [0.1, 0.15) is 12.8 Å². The Labute approximate surface area is 125 Å². The third-order valence-electron chi connectivity index (χ3n) is 3.94. The summed E-state index contributed by atoms with van der Waals surface area (Å²) in [7, 11) is -3.76. The van der Waals surface area contributed by atoms with Crippen molar-refractivity contribution < 1.29 is 31.1 Å². The largest absolute Gasteiger partial charge is 0.573 e. The SMILES string of the molecule is O=S(=O)(N[C@@H]1C[C@H]2OCC[C@@H]12)c1ccc(OC(F)(F)F)cc1. The minimum Gasteiger partial charge on any atom is -0.406 e. The van der Waals surface area contributed by atoms with Crippen molar-refractivity contribution in [3.8, 4) is 5.75 Å². The second-order valence-electron chi connectivity index (χ2n) is 5.34. The Morgan fingerprint density at radius 1 is 1.23 bits per heavy atom. The summed E-state index contributed by atoms with van der Waals surface area (Å²) in [6.45, 7) is 0.636. The van der Waals surface area contributed by atoms with E-state index in [0.717, 1.165) is 30.7 Å². The number of fused-ring (bicyclic) bond motifs is 1. The minimum absolute atomic E-state index is 0.0932. The van der Waals surface area contributed by atoms with Crippen molar-refractivity contribution >= 4 is 10.0 Å². The molecule has 1 heterocycles. The first-order valence-corrected chi connectivity index (χ1v) is 8.23. The van der Waals surface area contributed by atoms with Crippen LogP contribution in [0.5, 0.6) is 5.75 Å². The lowest BCUT2D eigenvalue weighted by Gasteiger charge is -2.39. The normalized spacial score (nSPS) is 28.0. The first-order chi connectivity index (χ1) is 10.2. The Morgan fingerprint density at radius 3 is 2.50 bits per heavy atom. The van der Waals surface area contributed by atoms with Crippen LogP contribution in [0.25, 0.3) is 0 Å². The lowest BCUT2D eigenvalue weighted by molar-refractivity contribution is -0.274. The van der Waals surface area contributed by atoms with Crippen molar-refractivity contribution in [1.29, 1.82) is 0 Å². The average Bonchev–Trinajstić information content (AvgIpc) is 2.76. The molecule has 1 aliphatic carbocycles. The third kappa shape index (κ3) is 3.21. The highest BCUT2D eigenvalue weighted by molar-refractivity contribution is 7.89. The highest BCUT2D eigenvalue weighted by Gasteiger charge is 2.46. The monoisotopic (exact) mass is 337 g/mol. The summed E-state index contributed by atoms with van der Waals surface area (Å²) in [5.41, 5.74) is 0. The molecule has 9 heteroatoms. The van der Waals surface area contributed by atoms with Gasteiger partial charge in [-0.05, 0) is 37.1 Å². The standard InChI is InChI=1S/C13H14F3NO4S/c14-13(15,16)21-8-1-3-9(4-2-8)22(18,19)17-11-7-12-10(11)5-6-20-12/h1-4,10-12,17H,5-7H2/t10-,11+,12+/m0/s1. The zero-order chi connectivity index (χ0) is 16.0. The van der Waals surface area contributed by atoms with Crippen molar-refractivity contribution in [1.82, 2.24) is 4.72 Å². The number of halogens is 3. The Balaban J connectivity index is 1.67. The summed E-state index contributed by atoms with van der Waals surface area (Å²) in [5.74, 6) is -0.276. The molecule has 0 bridgehead atoms. The maximum atomic E-state index is 12.2. The van der Waals surface area contributed by atoms with Crippen LogP contribution in [0.4, 0.5) is 13.2 Å². The van der Waals surface area contributed by atoms with Crippen molar-refractivity contribution in [2.24, 2.45) is 5.92 Å². The van der Waals surface area contributed by atoms with E-state index in [-0.39, 0.29) is 23.0 Å². The van der Waals surface area contributed by atoms with Crippen LogP contribution in [-0.4, -0.2) is 33.5 Å². The van der Waals surface area contributed by atoms with Crippen LogP contribution in [0.15, 0.2) is 29.2 Å². The van der Waals surface area contributed by atoms with Crippen LogP contribution in [0.2, 0.25) is 0 Å². The van der Waals surface area contributed by atoms with Gasteiger partial charge < -0.3 is 9.47 Å². The lowest BCUT2D eigenvalue weighted by Crippen LogP contribution is -2.53.